The van der Waals surface area contributed by atoms with Crippen LogP contribution in [0.15, 0.2) is 60.7 Å². The Labute approximate surface area is 197 Å². The van der Waals surface area contributed by atoms with Crippen molar-refractivity contribution in [3.63, 3.8) is 0 Å². The number of sulfonamides is 1. The number of hydrogen-bond acceptors (Lipinski definition) is 5. The lowest BCUT2D eigenvalue weighted by atomic mass is 10.2. The van der Waals surface area contributed by atoms with Crippen molar-refractivity contribution in [1.29, 1.82) is 0 Å². The van der Waals surface area contributed by atoms with E-state index in [-0.39, 0.29) is 12.5 Å². The van der Waals surface area contributed by atoms with Crippen molar-refractivity contribution in [2.45, 2.75) is 13.3 Å². The van der Waals surface area contributed by atoms with Crippen LogP contribution in [0.3, 0.4) is 0 Å². The average molecular weight is 472 g/mol. The quantitative estimate of drug-likeness (QED) is 0.533. The van der Waals surface area contributed by atoms with Crippen molar-refractivity contribution in [3.8, 4) is 5.75 Å². The Morgan fingerprint density at radius 1 is 1.03 bits per heavy atom. The van der Waals surface area contributed by atoms with Gasteiger partial charge in [0.1, 0.15) is 12.3 Å². The van der Waals surface area contributed by atoms with Crippen LogP contribution in [0, 0.1) is 0 Å². The molecule has 178 valence electrons. The lowest BCUT2D eigenvalue weighted by Gasteiger charge is -2.35. The van der Waals surface area contributed by atoms with E-state index in [9.17, 15) is 13.2 Å². The molecule has 8 heteroatoms. The Balaban J connectivity index is 1.53. The molecule has 3 rings (SSSR count). The maximum Gasteiger partial charge on any atom is 0.243 e. The highest BCUT2D eigenvalue weighted by atomic mass is 32.2. The van der Waals surface area contributed by atoms with Gasteiger partial charge in [0.15, 0.2) is 0 Å². The van der Waals surface area contributed by atoms with Gasteiger partial charge in [-0.15, -0.1) is 0 Å². The second kappa shape index (κ2) is 11.9. The molecule has 1 aliphatic rings. The van der Waals surface area contributed by atoms with Crippen LogP contribution >= 0.6 is 0 Å². The molecule has 2 aromatic carbocycles. The second-order valence-electron chi connectivity index (χ2n) is 8.11. The molecule has 0 bridgehead atoms. The van der Waals surface area contributed by atoms with E-state index < -0.39 is 10.0 Å². The predicted octanol–water partition coefficient (Wildman–Crippen LogP) is 3.10. The van der Waals surface area contributed by atoms with Crippen LogP contribution in [0.25, 0.3) is 6.08 Å². The third-order valence-corrected chi connectivity index (χ3v) is 6.62. The van der Waals surface area contributed by atoms with Gasteiger partial charge in [0.25, 0.3) is 0 Å². The van der Waals surface area contributed by atoms with Crippen LogP contribution in [0.5, 0.6) is 5.75 Å². The molecule has 0 unspecified atom stereocenters. The van der Waals surface area contributed by atoms with Gasteiger partial charge in [-0.25, -0.2) is 8.42 Å². The molecule has 1 saturated heterocycles. The monoisotopic (exact) mass is 471 g/mol. The highest BCUT2D eigenvalue weighted by Gasteiger charge is 2.26. The standard InChI is InChI=1S/C25H33N3O4S/c1-3-20-32-24-13-11-23(12-14-24)28(33(2,30)31)21-25(29)27-18-16-26(17-19-27)15-7-10-22-8-5-4-6-9-22/h4-14H,3,15-21H2,1-2H3/b10-7+. The Morgan fingerprint density at radius 2 is 1.70 bits per heavy atom. The van der Waals surface area contributed by atoms with E-state index in [2.05, 4.69) is 29.2 Å². The number of benzene rings is 2. The van der Waals surface area contributed by atoms with Crippen molar-refractivity contribution < 1.29 is 17.9 Å². The predicted molar refractivity (Wildman–Crippen MR) is 133 cm³/mol. The molecule has 1 fully saturated rings. The van der Waals surface area contributed by atoms with Crippen LogP contribution in [0.1, 0.15) is 18.9 Å². The summed E-state index contributed by atoms with van der Waals surface area (Å²) >= 11 is 0. The first kappa shape index (κ1) is 24.8. The summed E-state index contributed by atoms with van der Waals surface area (Å²) in [6.07, 6.45) is 6.24. The summed E-state index contributed by atoms with van der Waals surface area (Å²) in [5, 5.41) is 0. The van der Waals surface area contributed by atoms with Crippen molar-refractivity contribution in [2.75, 3.05) is 56.4 Å². The van der Waals surface area contributed by atoms with E-state index in [1.165, 1.54) is 0 Å². The van der Waals surface area contributed by atoms with E-state index in [1.54, 1.807) is 29.2 Å². The fourth-order valence-electron chi connectivity index (χ4n) is 3.63. The highest BCUT2D eigenvalue weighted by molar-refractivity contribution is 7.92. The zero-order valence-corrected chi connectivity index (χ0v) is 20.2. The lowest BCUT2D eigenvalue weighted by molar-refractivity contribution is -0.131. The summed E-state index contributed by atoms with van der Waals surface area (Å²) in [6.45, 7) is 5.91. The Kier molecular flexibility index (Phi) is 8.91. The maximum atomic E-state index is 12.9. The molecule has 1 amide bonds. The molecule has 0 aromatic heterocycles. The van der Waals surface area contributed by atoms with Gasteiger partial charge in [0.2, 0.25) is 15.9 Å². The second-order valence-corrected chi connectivity index (χ2v) is 10.0. The molecule has 1 aliphatic heterocycles. The van der Waals surface area contributed by atoms with E-state index in [0.29, 0.717) is 31.1 Å². The summed E-state index contributed by atoms with van der Waals surface area (Å²) in [4.78, 5) is 16.9. The first-order valence-corrected chi connectivity index (χ1v) is 13.1. The fourth-order valence-corrected chi connectivity index (χ4v) is 4.48. The summed E-state index contributed by atoms with van der Waals surface area (Å²) in [5.74, 6) is 0.490. The normalized spacial score (nSPS) is 15.0. The lowest BCUT2D eigenvalue weighted by Crippen LogP contribution is -2.51. The molecule has 0 N–H and O–H groups in total. The van der Waals surface area contributed by atoms with Crippen molar-refractivity contribution >= 4 is 27.7 Å². The summed E-state index contributed by atoms with van der Waals surface area (Å²) in [6, 6.07) is 17.0. The van der Waals surface area contributed by atoms with E-state index in [1.807, 2.05) is 25.1 Å². The number of nitrogens with zero attached hydrogens (tertiary/aromatic N) is 3. The molecule has 0 saturated carbocycles. The first-order chi connectivity index (χ1) is 15.9. The molecule has 1 heterocycles. The zero-order valence-electron chi connectivity index (χ0n) is 19.4. The fraction of sp³-hybridized carbons (Fsp3) is 0.400. The van der Waals surface area contributed by atoms with Crippen molar-refractivity contribution in [2.24, 2.45) is 0 Å². The smallest absolute Gasteiger partial charge is 0.243 e. The topological polar surface area (TPSA) is 70.2 Å². The van der Waals surface area contributed by atoms with E-state index in [4.69, 9.17) is 4.74 Å². The Hall–Kier alpha value is -2.84. The Morgan fingerprint density at radius 3 is 2.30 bits per heavy atom. The van der Waals surface area contributed by atoms with Gasteiger partial charge in [-0.05, 0) is 36.2 Å². The number of rotatable bonds is 10. The first-order valence-electron chi connectivity index (χ1n) is 11.3. The number of anilines is 1. The minimum atomic E-state index is -3.61. The van der Waals surface area contributed by atoms with Gasteiger partial charge < -0.3 is 9.64 Å². The van der Waals surface area contributed by atoms with Gasteiger partial charge in [-0.2, -0.15) is 0 Å². The Bertz CT molecular complexity index is 1020. The molecular weight excluding hydrogens is 438 g/mol. The van der Waals surface area contributed by atoms with Crippen LogP contribution in [0.2, 0.25) is 0 Å². The molecule has 33 heavy (non-hydrogen) atoms. The number of carbonyl (C=O) groups is 1. The van der Waals surface area contributed by atoms with Crippen LogP contribution in [-0.4, -0.2) is 76.3 Å². The largest absolute Gasteiger partial charge is 0.494 e. The third-order valence-electron chi connectivity index (χ3n) is 5.48. The van der Waals surface area contributed by atoms with Crippen molar-refractivity contribution in [1.82, 2.24) is 9.80 Å². The maximum absolute atomic E-state index is 12.9. The van der Waals surface area contributed by atoms with E-state index in [0.717, 1.165) is 42.2 Å². The van der Waals surface area contributed by atoms with Gasteiger partial charge in [-0.3, -0.25) is 14.0 Å². The summed E-state index contributed by atoms with van der Waals surface area (Å²) < 4.78 is 31.5. The number of hydrogen-bond donors (Lipinski definition) is 0. The molecule has 2 aromatic rings. The van der Waals surface area contributed by atoms with Gasteiger partial charge >= 0.3 is 0 Å². The van der Waals surface area contributed by atoms with Gasteiger partial charge in [0, 0.05) is 32.7 Å². The number of amides is 1. The number of carbonyl (C=O) groups excluding carboxylic acids is 1. The summed E-state index contributed by atoms with van der Waals surface area (Å²) in [5.41, 5.74) is 1.62. The van der Waals surface area contributed by atoms with Gasteiger partial charge in [0.05, 0.1) is 18.6 Å². The summed E-state index contributed by atoms with van der Waals surface area (Å²) in [7, 11) is -3.61. The molecule has 0 atom stereocenters. The highest BCUT2D eigenvalue weighted by Crippen LogP contribution is 2.22. The molecule has 0 radical (unpaired) electrons. The minimum Gasteiger partial charge on any atom is -0.494 e. The van der Waals surface area contributed by atoms with Crippen LogP contribution in [-0.2, 0) is 14.8 Å². The van der Waals surface area contributed by atoms with Crippen LogP contribution < -0.4 is 9.04 Å². The third kappa shape index (κ3) is 7.61. The van der Waals surface area contributed by atoms with E-state index >= 15 is 0 Å². The minimum absolute atomic E-state index is 0.189. The average Bonchev–Trinajstić information content (AvgIpc) is 2.82. The van der Waals surface area contributed by atoms with Crippen molar-refractivity contribution in [3.05, 3.63) is 66.2 Å². The SMILES string of the molecule is CCCOc1ccc(N(CC(=O)N2CCN(C/C=C/c3ccccc3)CC2)S(C)(=O)=O)cc1. The molecule has 7 nitrogen and oxygen atoms in total. The molecular formula is C25H33N3O4S. The zero-order chi connectivity index (χ0) is 23.7. The van der Waals surface area contributed by atoms with Crippen LogP contribution in [0.4, 0.5) is 5.69 Å². The number of piperazine rings is 1. The number of ether oxygens (including phenoxy) is 1. The molecule has 0 aliphatic carbocycles. The molecule has 0 spiro atoms. The van der Waals surface area contributed by atoms with Gasteiger partial charge in [-0.1, -0.05) is 49.4 Å².